The van der Waals surface area contributed by atoms with Crippen LogP contribution in [0, 0.1) is 17.8 Å². The molecule has 134 valence electrons. The Hall–Kier alpha value is -2.22. The van der Waals surface area contributed by atoms with Crippen LogP contribution in [0.5, 0.6) is 0 Å². The van der Waals surface area contributed by atoms with Gasteiger partial charge < -0.3 is 9.64 Å². The van der Waals surface area contributed by atoms with Crippen LogP contribution >= 0.6 is 0 Å². The first-order valence-electron chi connectivity index (χ1n) is 8.77. The minimum Gasteiger partial charge on any atom is -0.369 e. The van der Waals surface area contributed by atoms with Crippen LogP contribution in [0.3, 0.4) is 0 Å². The molecule has 0 amide bonds. The third-order valence-electron chi connectivity index (χ3n) is 5.39. The molecule has 0 spiro atoms. The SMILES string of the molecule is C[C@@H]1C[C@@H](C)[C@H]2O[C@@H](n3cnc4c(=O)[nH]c(N=CN(C)C)nc43)C[C@H]21. The third kappa shape index (κ3) is 2.74. The molecule has 0 aromatic carbocycles. The number of rotatable bonds is 3. The second-order valence-corrected chi connectivity index (χ2v) is 7.57. The van der Waals surface area contributed by atoms with Gasteiger partial charge in [0.1, 0.15) is 6.23 Å². The molecule has 25 heavy (non-hydrogen) atoms. The van der Waals surface area contributed by atoms with Crippen LogP contribution < -0.4 is 5.56 Å². The molecule has 1 N–H and O–H groups in total. The molecule has 2 aromatic rings. The van der Waals surface area contributed by atoms with E-state index in [9.17, 15) is 4.79 Å². The van der Waals surface area contributed by atoms with E-state index < -0.39 is 0 Å². The quantitative estimate of drug-likeness (QED) is 0.679. The summed E-state index contributed by atoms with van der Waals surface area (Å²) in [5.41, 5.74) is 0.570. The van der Waals surface area contributed by atoms with Crippen molar-refractivity contribution in [2.24, 2.45) is 22.7 Å². The van der Waals surface area contributed by atoms with Gasteiger partial charge in [-0.15, -0.1) is 0 Å². The molecule has 8 nitrogen and oxygen atoms in total. The van der Waals surface area contributed by atoms with Gasteiger partial charge in [0, 0.05) is 14.1 Å². The lowest BCUT2D eigenvalue weighted by Crippen LogP contribution is -2.17. The highest BCUT2D eigenvalue weighted by Crippen LogP contribution is 2.49. The van der Waals surface area contributed by atoms with E-state index in [1.807, 2.05) is 18.7 Å². The van der Waals surface area contributed by atoms with Gasteiger partial charge in [-0.3, -0.25) is 14.3 Å². The molecule has 1 saturated heterocycles. The molecular formula is C17H24N6O2. The van der Waals surface area contributed by atoms with Crippen LogP contribution in [0.25, 0.3) is 11.2 Å². The Labute approximate surface area is 145 Å². The fourth-order valence-corrected chi connectivity index (χ4v) is 4.25. The lowest BCUT2D eigenvalue weighted by Gasteiger charge is -2.17. The zero-order chi connectivity index (χ0) is 17.7. The van der Waals surface area contributed by atoms with Crippen molar-refractivity contribution >= 4 is 23.5 Å². The molecule has 8 heteroatoms. The van der Waals surface area contributed by atoms with Crippen LogP contribution in [0.15, 0.2) is 16.1 Å². The van der Waals surface area contributed by atoms with E-state index >= 15 is 0 Å². The summed E-state index contributed by atoms with van der Waals surface area (Å²) in [5, 5.41) is 0. The second-order valence-electron chi connectivity index (χ2n) is 7.57. The fraction of sp³-hybridized carbons (Fsp3) is 0.647. The minimum absolute atomic E-state index is 0.120. The van der Waals surface area contributed by atoms with Crippen molar-refractivity contribution in [3.63, 3.8) is 0 Å². The summed E-state index contributed by atoms with van der Waals surface area (Å²) in [6.45, 7) is 4.56. The number of aliphatic imine (C=N–C) groups is 1. The van der Waals surface area contributed by atoms with E-state index in [1.165, 1.54) is 6.42 Å². The van der Waals surface area contributed by atoms with E-state index in [0.717, 1.165) is 6.42 Å². The summed E-state index contributed by atoms with van der Waals surface area (Å²) < 4.78 is 8.21. The molecule has 0 radical (unpaired) electrons. The Morgan fingerprint density at radius 2 is 2.16 bits per heavy atom. The molecule has 2 aromatic heterocycles. The fourth-order valence-electron chi connectivity index (χ4n) is 4.25. The van der Waals surface area contributed by atoms with Crippen LogP contribution in [-0.4, -0.2) is 51.0 Å². The number of aromatic amines is 1. The topological polar surface area (TPSA) is 88.4 Å². The van der Waals surface area contributed by atoms with Crippen molar-refractivity contribution in [3.8, 4) is 0 Å². The maximum absolute atomic E-state index is 12.3. The van der Waals surface area contributed by atoms with Gasteiger partial charge in [0.05, 0.1) is 18.8 Å². The molecule has 2 aliphatic rings. The van der Waals surface area contributed by atoms with E-state index in [0.29, 0.717) is 28.9 Å². The number of hydrogen-bond donors (Lipinski definition) is 1. The van der Waals surface area contributed by atoms with Gasteiger partial charge >= 0.3 is 0 Å². The number of hydrogen-bond acceptors (Lipinski definition) is 5. The Kier molecular flexibility index (Phi) is 3.87. The maximum atomic E-state index is 12.3. The molecule has 1 aliphatic heterocycles. The smallest absolute Gasteiger partial charge is 0.280 e. The minimum atomic E-state index is -0.283. The molecule has 4 rings (SSSR count). The largest absolute Gasteiger partial charge is 0.369 e. The van der Waals surface area contributed by atoms with Crippen molar-refractivity contribution in [2.75, 3.05) is 14.1 Å². The van der Waals surface area contributed by atoms with Crippen molar-refractivity contribution in [3.05, 3.63) is 16.7 Å². The lowest BCUT2D eigenvalue weighted by molar-refractivity contribution is -0.0176. The van der Waals surface area contributed by atoms with E-state index in [2.05, 4.69) is 33.8 Å². The molecule has 2 fully saturated rings. The van der Waals surface area contributed by atoms with Gasteiger partial charge in [-0.2, -0.15) is 4.98 Å². The molecular weight excluding hydrogens is 320 g/mol. The summed E-state index contributed by atoms with van der Waals surface area (Å²) in [7, 11) is 3.72. The Morgan fingerprint density at radius 1 is 1.36 bits per heavy atom. The molecule has 1 aliphatic carbocycles. The number of aromatic nitrogens is 4. The average Bonchev–Trinajstić information content (AvgIpc) is 3.21. The van der Waals surface area contributed by atoms with Crippen molar-refractivity contribution < 1.29 is 4.74 Å². The highest BCUT2D eigenvalue weighted by Gasteiger charge is 2.47. The summed E-state index contributed by atoms with van der Waals surface area (Å²) in [6, 6.07) is 0. The van der Waals surface area contributed by atoms with Gasteiger partial charge in [0.2, 0.25) is 5.95 Å². The van der Waals surface area contributed by atoms with Crippen molar-refractivity contribution in [1.82, 2.24) is 24.4 Å². The van der Waals surface area contributed by atoms with E-state index in [4.69, 9.17) is 4.74 Å². The number of H-pyrrole nitrogens is 1. The molecule has 1 saturated carbocycles. The Balaban J connectivity index is 1.70. The number of fused-ring (bicyclic) bond motifs is 2. The van der Waals surface area contributed by atoms with E-state index in [-0.39, 0.29) is 23.8 Å². The Morgan fingerprint density at radius 3 is 2.88 bits per heavy atom. The number of imidazole rings is 1. The van der Waals surface area contributed by atoms with Crippen LogP contribution in [-0.2, 0) is 4.74 Å². The first kappa shape index (κ1) is 16.3. The zero-order valence-corrected chi connectivity index (χ0v) is 15.0. The molecule has 0 bridgehead atoms. The highest BCUT2D eigenvalue weighted by atomic mass is 16.5. The molecule has 5 atom stereocenters. The normalized spacial score (nSPS) is 31.9. The third-order valence-corrected chi connectivity index (χ3v) is 5.39. The van der Waals surface area contributed by atoms with Crippen LogP contribution in [0.1, 0.15) is 32.9 Å². The second kappa shape index (κ2) is 5.94. The van der Waals surface area contributed by atoms with Crippen LogP contribution in [0.4, 0.5) is 5.95 Å². The number of ether oxygens (including phenoxy) is 1. The first-order chi connectivity index (χ1) is 11.9. The summed E-state index contributed by atoms with van der Waals surface area (Å²) >= 11 is 0. The van der Waals surface area contributed by atoms with Crippen molar-refractivity contribution in [1.29, 1.82) is 0 Å². The van der Waals surface area contributed by atoms with E-state index in [1.54, 1.807) is 17.6 Å². The summed E-state index contributed by atoms with van der Waals surface area (Å²) in [5.74, 6) is 2.06. The van der Waals surface area contributed by atoms with Gasteiger partial charge in [0.15, 0.2) is 11.2 Å². The standard InChI is InChI=1S/C17H24N6O2/c1-9-5-10(2)14-11(9)6-12(25-14)23-8-18-13-15(23)20-17(21-16(13)24)19-7-22(3)4/h7-12,14H,5-6H2,1-4H3,(H,20,21,24)/t9-,10-,11+,12-,14-/m1/s1. The highest BCUT2D eigenvalue weighted by molar-refractivity contribution is 5.71. The maximum Gasteiger partial charge on any atom is 0.280 e. The van der Waals surface area contributed by atoms with Crippen molar-refractivity contribution in [2.45, 2.75) is 39.0 Å². The van der Waals surface area contributed by atoms with Gasteiger partial charge in [-0.1, -0.05) is 13.8 Å². The predicted molar refractivity (Wildman–Crippen MR) is 94.9 cm³/mol. The summed E-state index contributed by atoms with van der Waals surface area (Å²) in [6.07, 6.45) is 5.58. The zero-order valence-electron chi connectivity index (χ0n) is 15.0. The number of nitrogens with zero attached hydrogens (tertiary/aromatic N) is 5. The van der Waals surface area contributed by atoms with Gasteiger partial charge in [0.25, 0.3) is 5.56 Å². The number of nitrogens with one attached hydrogen (secondary N) is 1. The molecule has 3 heterocycles. The average molecular weight is 344 g/mol. The summed E-state index contributed by atoms with van der Waals surface area (Å²) in [4.78, 5) is 29.6. The predicted octanol–water partition coefficient (Wildman–Crippen LogP) is 1.92. The lowest BCUT2D eigenvalue weighted by atomic mass is 9.94. The molecule has 0 unspecified atom stereocenters. The first-order valence-corrected chi connectivity index (χ1v) is 8.77. The monoisotopic (exact) mass is 344 g/mol. The van der Waals surface area contributed by atoms with Crippen LogP contribution in [0.2, 0.25) is 0 Å². The van der Waals surface area contributed by atoms with Gasteiger partial charge in [-0.05, 0) is 30.6 Å². The Bertz CT molecular complexity index is 854. The van der Waals surface area contributed by atoms with Gasteiger partial charge in [-0.25, -0.2) is 9.98 Å².